The summed E-state index contributed by atoms with van der Waals surface area (Å²) < 4.78 is 5.80. The molecule has 2 aromatic carbocycles. The second-order valence-corrected chi connectivity index (χ2v) is 8.29. The Labute approximate surface area is 160 Å². The quantitative estimate of drug-likeness (QED) is 0.720. The fourth-order valence-corrected chi connectivity index (χ4v) is 4.77. The Morgan fingerprint density at radius 1 is 1.20 bits per heavy atom. The molecule has 1 aliphatic carbocycles. The van der Waals surface area contributed by atoms with Crippen LogP contribution in [-0.2, 0) is 11.8 Å². The highest BCUT2D eigenvalue weighted by molar-refractivity contribution is 8.00. The van der Waals surface area contributed by atoms with Gasteiger partial charge in [-0.1, -0.05) is 38.1 Å². The predicted molar refractivity (Wildman–Crippen MR) is 99.7 cm³/mol. The second-order valence-electron chi connectivity index (χ2n) is 6.94. The Hall–Kier alpha value is -1.36. The van der Waals surface area contributed by atoms with Crippen LogP contribution in [-0.4, -0.2) is 28.8 Å². The third kappa shape index (κ3) is 4.43. The molecule has 0 radical (unpaired) electrons. The van der Waals surface area contributed by atoms with Crippen molar-refractivity contribution in [3.8, 4) is 11.5 Å². The van der Waals surface area contributed by atoms with Gasteiger partial charge in [-0.05, 0) is 41.8 Å². The van der Waals surface area contributed by atoms with Crippen molar-refractivity contribution in [1.29, 1.82) is 0 Å². The maximum absolute atomic E-state index is 9.81. The first-order valence-electron chi connectivity index (χ1n) is 8.43. The van der Waals surface area contributed by atoms with Crippen molar-refractivity contribution in [2.45, 2.75) is 37.0 Å². The van der Waals surface area contributed by atoms with Gasteiger partial charge in [0.05, 0.1) is 11.9 Å². The maximum atomic E-state index is 9.81. The van der Waals surface area contributed by atoms with Gasteiger partial charge in [-0.25, -0.2) is 0 Å². The molecule has 0 amide bonds. The first-order chi connectivity index (χ1) is 11.5. The number of benzene rings is 2. The van der Waals surface area contributed by atoms with Crippen LogP contribution < -0.4 is 22.9 Å². The second kappa shape index (κ2) is 8.35. The lowest BCUT2D eigenvalue weighted by atomic mass is 9.69. The monoisotopic (exact) mass is 379 g/mol. The molecule has 0 spiro atoms. The first kappa shape index (κ1) is 20.0. The van der Waals surface area contributed by atoms with Crippen molar-refractivity contribution in [3.05, 3.63) is 59.7 Å². The normalized spacial score (nSPS) is 21.1. The van der Waals surface area contributed by atoms with Crippen molar-refractivity contribution in [2.75, 3.05) is 12.4 Å². The Kier molecular flexibility index (Phi) is 6.66. The largest absolute Gasteiger partial charge is 1.00 e. The number of thioether (sulfide) groups is 1. The third-order valence-electron chi connectivity index (χ3n) is 5.01. The van der Waals surface area contributed by atoms with Crippen LogP contribution in [0.4, 0.5) is 0 Å². The van der Waals surface area contributed by atoms with Gasteiger partial charge < -0.3 is 28.0 Å². The zero-order valence-corrected chi connectivity index (χ0v) is 16.3. The molecule has 136 valence electrons. The van der Waals surface area contributed by atoms with Crippen LogP contribution >= 0.6 is 11.8 Å². The molecule has 0 saturated heterocycles. The van der Waals surface area contributed by atoms with Gasteiger partial charge >= 0.3 is 0 Å². The lowest BCUT2D eigenvalue weighted by molar-refractivity contribution is -0.435. The van der Waals surface area contributed by atoms with Crippen molar-refractivity contribution in [1.82, 2.24) is 0 Å². The lowest BCUT2D eigenvalue weighted by Crippen LogP contribution is -3.00. The van der Waals surface area contributed by atoms with Gasteiger partial charge in [0.1, 0.15) is 17.5 Å². The summed E-state index contributed by atoms with van der Waals surface area (Å²) in [6.07, 6.45) is 1.00. The maximum Gasteiger partial charge on any atom is 0.119 e. The molecule has 0 fully saturated rings. The summed E-state index contributed by atoms with van der Waals surface area (Å²) in [5, 5.41) is 10.3. The number of fused-ring (bicyclic) bond motifs is 1. The van der Waals surface area contributed by atoms with E-state index in [1.165, 1.54) is 11.1 Å². The molecule has 5 heteroatoms. The van der Waals surface area contributed by atoms with E-state index in [1.54, 1.807) is 6.07 Å². The van der Waals surface area contributed by atoms with Crippen LogP contribution in [0.3, 0.4) is 0 Å². The highest BCUT2D eigenvalue weighted by Crippen LogP contribution is 2.40. The molecule has 3 nitrogen and oxygen atoms in total. The number of ether oxygens (including phenoxy) is 1. The van der Waals surface area contributed by atoms with E-state index in [0.29, 0.717) is 23.6 Å². The minimum Gasteiger partial charge on any atom is -1.00 e. The van der Waals surface area contributed by atoms with E-state index in [0.717, 1.165) is 17.9 Å². The summed E-state index contributed by atoms with van der Waals surface area (Å²) in [5.74, 6) is 2.22. The SMILES string of the molecule is CC1(C)c2cc(O)ccc2CC(SCCOc2ccccc2)C1[NH3+].[Cl-]. The average Bonchev–Trinajstić information content (AvgIpc) is 2.58. The smallest absolute Gasteiger partial charge is 0.119 e. The van der Waals surface area contributed by atoms with E-state index in [4.69, 9.17) is 4.74 Å². The van der Waals surface area contributed by atoms with Gasteiger partial charge in [-0.15, -0.1) is 11.8 Å². The Balaban J connectivity index is 0.00000225. The molecule has 0 heterocycles. The van der Waals surface area contributed by atoms with E-state index in [9.17, 15) is 5.11 Å². The van der Waals surface area contributed by atoms with E-state index in [2.05, 4.69) is 25.6 Å². The molecule has 25 heavy (non-hydrogen) atoms. The molecule has 2 unspecified atom stereocenters. The van der Waals surface area contributed by atoms with E-state index in [-0.39, 0.29) is 17.8 Å². The fraction of sp³-hybridized carbons (Fsp3) is 0.400. The van der Waals surface area contributed by atoms with Crippen molar-refractivity contribution >= 4 is 11.8 Å². The van der Waals surface area contributed by atoms with Gasteiger partial charge in [0.2, 0.25) is 0 Å². The number of quaternary nitrogens is 1. The molecule has 1 aliphatic rings. The van der Waals surface area contributed by atoms with Crippen molar-refractivity contribution < 1.29 is 28.0 Å². The Morgan fingerprint density at radius 2 is 1.92 bits per heavy atom. The molecule has 2 atom stereocenters. The lowest BCUT2D eigenvalue weighted by Gasteiger charge is -2.40. The molecule has 2 aromatic rings. The fourth-order valence-electron chi connectivity index (χ4n) is 3.42. The van der Waals surface area contributed by atoms with Crippen molar-refractivity contribution in [2.24, 2.45) is 0 Å². The molecule has 4 N–H and O–H groups in total. The van der Waals surface area contributed by atoms with Gasteiger partial charge in [0.25, 0.3) is 0 Å². The topological polar surface area (TPSA) is 57.1 Å². The minimum atomic E-state index is -0.0374. The van der Waals surface area contributed by atoms with Gasteiger partial charge in [0, 0.05) is 11.2 Å². The number of phenols is 1. The molecule has 0 aromatic heterocycles. The predicted octanol–water partition coefficient (Wildman–Crippen LogP) is 0.0212. The van der Waals surface area contributed by atoms with Gasteiger partial charge in [0.15, 0.2) is 0 Å². The van der Waals surface area contributed by atoms with E-state index >= 15 is 0 Å². The van der Waals surface area contributed by atoms with Crippen LogP contribution in [0.25, 0.3) is 0 Å². The van der Waals surface area contributed by atoms with Crippen molar-refractivity contribution in [3.63, 3.8) is 0 Å². The summed E-state index contributed by atoms with van der Waals surface area (Å²) in [5.41, 5.74) is 6.99. The highest BCUT2D eigenvalue weighted by atomic mass is 35.5. The van der Waals surface area contributed by atoms with Crippen LogP contribution in [0.1, 0.15) is 25.0 Å². The van der Waals surface area contributed by atoms with E-state index < -0.39 is 0 Å². The van der Waals surface area contributed by atoms with Gasteiger partial charge in [-0.3, -0.25) is 0 Å². The first-order valence-corrected chi connectivity index (χ1v) is 9.48. The third-order valence-corrected chi connectivity index (χ3v) is 6.34. The molecule has 0 aliphatic heterocycles. The Morgan fingerprint density at radius 3 is 2.64 bits per heavy atom. The molecule has 0 saturated carbocycles. The average molecular weight is 380 g/mol. The molecular formula is C20H26ClNO2S. The number of aromatic hydroxyl groups is 1. The van der Waals surface area contributed by atoms with Crippen LogP contribution in [0.5, 0.6) is 11.5 Å². The van der Waals surface area contributed by atoms with Crippen LogP contribution in [0, 0.1) is 0 Å². The highest BCUT2D eigenvalue weighted by Gasteiger charge is 2.43. The number of hydrogen-bond acceptors (Lipinski definition) is 3. The standard InChI is InChI=1S/C20H25NO2S.ClH/c1-20(2)17-13-15(22)9-8-14(17)12-18(19(20)21)24-11-10-23-16-6-4-3-5-7-16;/h3-9,13,18-19,22H,10-12,21H2,1-2H3;1H. The van der Waals surface area contributed by atoms with Crippen LogP contribution in [0.2, 0.25) is 0 Å². The number of phenolic OH excluding ortho intramolecular Hbond substituents is 1. The number of hydrogen-bond donors (Lipinski definition) is 2. The number of para-hydroxylation sites is 1. The molecule has 3 rings (SSSR count). The summed E-state index contributed by atoms with van der Waals surface area (Å²) in [6, 6.07) is 16.0. The summed E-state index contributed by atoms with van der Waals surface area (Å²) >= 11 is 1.94. The molecular weight excluding hydrogens is 354 g/mol. The number of rotatable bonds is 5. The van der Waals surface area contributed by atoms with Gasteiger partial charge in [-0.2, -0.15) is 0 Å². The summed E-state index contributed by atoms with van der Waals surface area (Å²) in [7, 11) is 0. The molecule has 0 bridgehead atoms. The minimum absolute atomic E-state index is 0. The summed E-state index contributed by atoms with van der Waals surface area (Å²) in [6.45, 7) is 5.17. The number of halogens is 1. The summed E-state index contributed by atoms with van der Waals surface area (Å²) in [4.78, 5) is 0. The zero-order valence-electron chi connectivity index (χ0n) is 14.7. The zero-order chi connectivity index (χ0) is 17.2. The Bertz CT molecular complexity index is 693. The van der Waals surface area contributed by atoms with E-state index in [1.807, 2.05) is 48.2 Å². The van der Waals surface area contributed by atoms with Crippen LogP contribution in [0.15, 0.2) is 48.5 Å².